The Balaban J connectivity index is 2.36. The number of hydrogen-bond donors (Lipinski definition) is 0. The average Bonchev–Trinajstić information content (AvgIpc) is 2.14. The predicted octanol–water partition coefficient (Wildman–Crippen LogP) is 0.436. The quantitative estimate of drug-likeness (QED) is 0.449. The van der Waals surface area contributed by atoms with Crippen molar-refractivity contribution in [2.24, 2.45) is 0 Å². The Morgan fingerprint density at radius 3 is 3.00 bits per heavy atom. The maximum Gasteiger partial charge on any atom is 0.315 e. The van der Waals surface area contributed by atoms with Gasteiger partial charge in [0, 0.05) is 6.08 Å². The van der Waals surface area contributed by atoms with Gasteiger partial charge in [0.05, 0.1) is 7.11 Å². The molecule has 1 rings (SSSR count). The Bertz CT molecular complexity index is 86.9. The molecule has 0 fully saturated rings. The van der Waals surface area contributed by atoms with Gasteiger partial charge in [-0.25, -0.2) is 0 Å². The van der Waals surface area contributed by atoms with E-state index < -0.39 is 0 Å². The standard InChI is InChI=1S/C4H6O3/c1-5-4-2-3-6-7-4/h2H,3H2,1H3. The molecule has 3 nitrogen and oxygen atoms in total. The van der Waals surface area contributed by atoms with Gasteiger partial charge in [-0.1, -0.05) is 0 Å². The van der Waals surface area contributed by atoms with Crippen molar-refractivity contribution in [2.75, 3.05) is 13.7 Å². The Morgan fingerprint density at radius 1 is 1.86 bits per heavy atom. The minimum Gasteiger partial charge on any atom is -0.467 e. The Hall–Kier alpha value is -0.700. The summed E-state index contributed by atoms with van der Waals surface area (Å²) in [5, 5.41) is 0. The van der Waals surface area contributed by atoms with E-state index in [4.69, 9.17) is 0 Å². The lowest BCUT2D eigenvalue weighted by Gasteiger charge is -1.94. The Morgan fingerprint density at radius 2 is 2.71 bits per heavy atom. The highest BCUT2D eigenvalue weighted by Gasteiger charge is 2.03. The number of methoxy groups -OCH3 is 1. The van der Waals surface area contributed by atoms with Crippen LogP contribution in [0.1, 0.15) is 0 Å². The average molecular weight is 102 g/mol. The van der Waals surface area contributed by atoms with E-state index >= 15 is 0 Å². The van der Waals surface area contributed by atoms with Crippen molar-refractivity contribution in [3.05, 3.63) is 12.0 Å². The van der Waals surface area contributed by atoms with Crippen LogP contribution in [0.3, 0.4) is 0 Å². The topological polar surface area (TPSA) is 27.7 Å². The van der Waals surface area contributed by atoms with Crippen LogP contribution >= 0.6 is 0 Å². The lowest BCUT2D eigenvalue weighted by molar-refractivity contribution is -0.261. The molecule has 0 aromatic heterocycles. The van der Waals surface area contributed by atoms with Gasteiger partial charge >= 0.3 is 5.95 Å². The molecule has 1 aliphatic rings. The van der Waals surface area contributed by atoms with Crippen molar-refractivity contribution in [3.63, 3.8) is 0 Å². The summed E-state index contributed by atoms with van der Waals surface area (Å²) >= 11 is 0. The van der Waals surface area contributed by atoms with Gasteiger partial charge < -0.3 is 4.74 Å². The van der Waals surface area contributed by atoms with Gasteiger partial charge in [-0.15, -0.1) is 0 Å². The van der Waals surface area contributed by atoms with Crippen LogP contribution in [0.25, 0.3) is 0 Å². The summed E-state index contributed by atoms with van der Waals surface area (Å²) in [6.07, 6.45) is 1.71. The molecular weight excluding hydrogens is 96.0 g/mol. The van der Waals surface area contributed by atoms with E-state index in [-0.39, 0.29) is 0 Å². The normalized spacial score (nSPS) is 18.1. The third kappa shape index (κ3) is 0.838. The Labute approximate surface area is 41.4 Å². The molecule has 0 saturated heterocycles. The van der Waals surface area contributed by atoms with E-state index in [2.05, 4.69) is 14.5 Å². The molecule has 3 heteroatoms. The first-order valence-electron chi connectivity index (χ1n) is 1.97. The summed E-state index contributed by atoms with van der Waals surface area (Å²) in [6.45, 7) is 0.489. The third-order valence-electron chi connectivity index (χ3n) is 0.660. The molecule has 0 saturated carbocycles. The van der Waals surface area contributed by atoms with Crippen LogP contribution in [0.5, 0.6) is 0 Å². The second-order valence-corrected chi connectivity index (χ2v) is 1.10. The number of hydrogen-bond acceptors (Lipinski definition) is 3. The van der Waals surface area contributed by atoms with E-state index in [1.54, 1.807) is 6.08 Å². The van der Waals surface area contributed by atoms with Crippen LogP contribution < -0.4 is 0 Å². The molecular formula is C4H6O3. The van der Waals surface area contributed by atoms with Gasteiger partial charge in [-0.05, 0) is 0 Å². The Kier molecular flexibility index (Phi) is 1.17. The minimum atomic E-state index is 0.444. The first-order valence-corrected chi connectivity index (χ1v) is 1.97. The van der Waals surface area contributed by atoms with E-state index in [0.717, 1.165) is 0 Å². The van der Waals surface area contributed by atoms with Crippen molar-refractivity contribution in [1.29, 1.82) is 0 Å². The summed E-state index contributed by atoms with van der Waals surface area (Å²) in [7, 11) is 1.53. The molecule has 0 N–H and O–H groups in total. The SMILES string of the molecule is COC1=CCOO1. The molecule has 7 heavy (non-hydrogen) atoms. The predicted molar refractivity (Wildman–Crippen MR) is 22.1 cm³/mol. The summed E-state index contributed by atoms with van der Waals surface area (Å²) in [6, 6.07) is 0. The highest BCUT2D eigenvalue weighted by atomic mass is 17.2. The van der Waals surface area contributed by atoms with E-state index in [1.807, 2.05) is 0 Å². The highest BCUT2D eigenvalue weighted by Crippen LogP contribution is 2.04. The van der Waals surface area contributed by atoms with Crippen molar-refractivity contribution < 1.29 is 14.5 Å². The van der Waals surface area contributed by atoms with Crippen LogP contribution in [0, 0.1) is 0 Å². The molecule has 0 bridgehead atoms. The molecule has 0 unspecified atom stereocenters. The monoisotopic (exact) mass is 102 g/mol. The zero-order valence-electron chi connectivity index (χ0n) is 4.01. The fraction of sp³-hybridized carbons (Fsp3) is 0.500. The molecule has 0 aromatic carbocycles. The van der Waals surface area contributed by atoms with E-state index in [0.29, 0.717) is 12.6 Å². The van der Waals surface area contributed by atoms with Crippen molar-refractivity contribution >= 4 is 0 Å². The van der Waals surface area contributed by atoms with E-state index in [9.17, 15) is 0 Å². The molecule has 0 amide bonds. The second-order valence-electron chi connectivity index (χ2n) is 1.10. The molecule has 0 atom stereocenters. The van der Waals surface area contributed by atoms with Crippen LogP contribution in [-0.2, 0) is 14.5 Å². The summed E-state index contributed by atoms with van der Waals surface area (Å²) in [4.78, 5) is 8.87. The van der Waals surface area contributed by atoms with Crippen LogP contribution in [0.2, 0.25) is 0 Å². The summed E-state index contributed by atoms with van der Waals surface area (Å²) in [5.41, 5.74) is 0. The van der Waals surface area contributed by atoms with Gasteiger partial charge in [0.25, 0.3) is 0 Å². The van der Waals surface area contributed by atoms with E-state index in [1.165, 1.54) is 7.11 Å². The molecule has 1 aliphatic heterocycles. The molecule has 0 spiro atoms. The van der Waals surface area contributed by atoms with Gasteiger partial charge in [-0.3, -0.25) is 4.89 Å². The lowest BCUT2D eigenvalue weighted by atomic mass is 10.7. The fourth-order valence-corrected chi connectivity index (χ4v) is 0.346. The molecule has 40 valence electrons. The summed E-state index contributed by atoms with van der Waals surface area (Å²) in [5.74, 6) is 0.444. The number of rotatable bonds is 1. The van der Waals surface area contributed by atoms with Crippen LogP contribution in [0.15, 0.2) is 12.0 Å². The minimum absolute atomic E-state index is 0.444. The smallest absolute Gasteiger partial charge is 0.315 e. The fourth-order valence-electron chi connectivity index (χ4n) is 0.346. The second kappa shape index (κ2) is 1.84. The van der Waals surface area contributed by atoms with Gasteiger partial charge in [-0.2, -0.15) is 4.89 Å². The highest BCUT2D eigenvalue weighted by molar-refractivity contribution is 4.84. The molecule has 0 aromatic rings. The van der Waals surface area contributed by atoms with Crippen LogP contribution in [-0.4, -0.2) is 13.7 Å². The molecule has 0 aliphatic carbocycles. The lowest BCUT2D eigenvalue weighted by Crippen LogP contribution is -1.84. The van der Waals surface area contributed by atoms with Gasteiger partial charge in [0.2, 0.25) is 0 Å². The first-order chi connectivity index (χ1) is 3.43. The maximum atomic E-state index is 4.62. The molecule has 1 heterocycles. The van der Waals surface area contributed by atoms with Crippen molar-refractivity contribution in [1.82, 2.24) is 0 Å². The summed E-state index contributed by atoms with van der Waals surface area (Å²) < 4.78 is 4.62. The van der Waals surface area contributed by atoms with Gasteiger partial charge in [0.15, 0.2) is 0 Å². The van der Waals surface area contributed by atoms with Crippen LogP contribution in [0.4, 0.5) is 0 Å². The zero-order valence-corrected chi connectivity index (χ0v) is 4.01. The zero-order chi connectivity index (χ0) is 5.11. The van der Waals surface area contributed by atoms with Crippen molar-refractivity contribution in [3.8, 4) is 0 Å². The third-order valence-corrected chi connectivity index (χ3v) is 0.660. The van der Waals surface area contributed by atoms with Gasteiger partial charge in [0.1, 0.15) is 6.61 Å². The first kappa shape index (κ1) is 4.46. The largest absolute Gasteiger partial charge is 0.467 e. The number of ether oxygens (including phenoxy) is 1. The maximum absolute atomic E-state index is 4.62. The molecule has 0 radical (unpaired) electrons. The van der Waals surface area contributed by atoms with Crippen molar-refractivity contribution in [2.45, 2.75) is 0 Å².